The summed E-state index contributed by atoms with van der Waals surface area (Å²) in [6.07, 6.45) is 3.51. The van der Waals surface area contributed by atoms with Crippen molar-refractivity contribution in [3.05, 3.63) is 54.1 Å². The minimum Gasteiger partial charge on any atom is -0.493 e. The molecule has 144 valence electrons. The van der Waals surface area contributed by atoms with Gasteiger partial charge in [-0.05, 0) is 43.7 Å². The molecule has 1 atom stereocenters. The third-order valence-electron chi connectivity index (χ3n) is 4.99. The third-order valence-corrected chi connectivity index (χ3v) is 4.99. The number of nitrogens with zero attached hydrogens (tertiary/aromatic N) is 4. The molecule has 3 aromatic rings. The second kappa shape index (κ2) is 6.99. The zero-order valence-corrected chi connectivity index (χ0v) is 16.3. The molecule has 1 unspecified atom stereocenters. The maximum Gasteiger partial charge on any atom is 0.277 e. The van der Waals surface area contributed by atoms with Crippen molar-refractivity contribution in [3.8, 4) is 22.6 Å². The molecule has 7 heteroatoms. The van der Waals surface area contributed by atoms with Gasteiger partial charge in [-0.15, -0.1) is 0 Å². The van der Waals surface area contributed by atoms with Crippen LogP contribution < -0.4 is 14.4 Å². The molecule has 1 amide bonds. The molecule has 0 N–H and O–H groups in total. The maximum absolute atomic E-state index is 13.4. The fraction of sp³-hybridized carbons (Fsp3) is 0.286. The molecule has 0 radical (unpaired) electrons. The van der Waals surface area contributed by atoms with E-state index in [1.165, 1.54) is 0 Å². The first-order chi connectivity index (χ1) is 13.5. The molecule has 2 aromatic heterocycles. The van der Waals surface area contributed by atoms with Gasteiger partial charge in [0.05, 0.1) is 26.5 Å². The van der Waals surface area contributed by atoms with Crippen LogP contribution in [0.15, 0.2) is 42.7 Å². The Bertz CT molecular complexity index is 1040. The van der Waals surface area contributed by atoms with Crippen molar-refractivity contribution in [1.29, 1.82) is 0 Å². The van der Waals surface area contributed by atoms with Crippen LogP contribution in [-0.2, 0) is 0 Å². The minimum absolute atomic E-state index is 0.0393. The number of ether oxygens (including phenoxy) is 2. The number of benzene rings is 1. The Balaban J connectivity index is 1.79. The first kappa shape index (κ1) is 18.0. The van der Waals surface area contributed by atoms with Gasteiger partial charge in [-0.3, -0.25) is 14.5 Å². The van der Waals surface area contributed by atoms with Crippen LogP contribution in [0.5, 0.6) is 11.5 Å². The van der Waals surface area contributed by atoms with E-state index in [1.807, 2.05) is 41.9 Å². The Hall–Kier alpha value is -3.35. The molecule has 3 heterocycles. The third kappa shape index (κ3) is 2.89. The summed E-state index contributed by atoms with van der Waals surface area (Å²) in [6.45, 7) is 4.51. The van der Waals surface area contributed by atoms with Gasteiger partial charge in [0.15, 0.2) is 11.5 Å². The Labute approximate surface area is 163 Å². The van der Waals surface area contributed by atoms with Gasteiger partial charge in [0.25, 0.3) is 5.91 Å². The lowest BCUT2D eigenvalue weighted by molar-refractivity contribution is 0.0954. The lowest BCUT2D eigenvalue weighted by atomic mass is 10.0. The first-order valence-corrected chi connectivity index (χ1v) is 9.08. The molecule has 0 saturated carbocycles. The molecule has 1 aliphatic heterocycles. The second-order valence-corrected chi connectivity index (χ2v) is 6.84. The second-order valence-electron chi connectivity index (χ2n) is 6.84. The quantitative estimate of drug-likeness (QED) is 0.695. The highest BCUT2D eigenvalue weighted by Crippen LogP contribution is 2.36. The Kier molecular flexibility index (Phi) is 4.50. The number of hydrogen-bond donors (Lipinski definition) is 0. The number of aryl methyl sites for hydroxylation is 1. The lowest BCUT2D eigenvalue weighted by Crippen LogP contribution is -2.42. The van der Waals surface area contributed by atoms with Crippen LogP contribution in [0.1, 0.15) is 29.1 Å². The van der Waals surface area contributed by atoms with Gasteiger partial charge in [0.2, 0.25) is 0 Å². The summed E-state index contributed by atoms with van der Waals surface area (Å²) in [4.78, 5) is 19.4. The summed E-state index contributed by atoms with van der Waals surface area (Å²) >= 11 is 0. The molecule has 0 spiro atoms. The van der Waals surface area contributed by atoms with Gasteiger partial charge in [-0.1, -0.05) is 0 Å². The normalized spacial score (nSPS) is 16.1. The number of carbonyl (C=O) groups excluding carboxylic acids is 1. The van der Waals surface area contributed by atoms with Crippen molar-refractivity contribution in [2.24, 2.45) is 0 Å². The van der Waals surface area contributed by atoms with Crippen LogP contribution in [0.3, 0.4) is 0 Å². The molecule has 1 aromatic carbocycles. The van der Waals surface area contributed by atoms with Crippen molar-refractivity contribution in [3.63, 3.8) is 0 Å². The highest BCUT2D eigenvalue weighted by molar-refractivity contribution is 6.10. The van der Waals surface area contributed by atoms with Crippen LogP contribution in [0.2, 0.25) is 0 Å². The van der Waals surface area contributed by atoms with Crippen molar-refractivity contribution in [2.45, 2.75) is 19.9 Å². The van der Waals surface area contributed by atoms with Crippen LogP contribution >= 0.6 is 0 Å². The van der Waals surface area contributed by atoms with Crippen LogP contribution in [0.4, 0.5) is 5.69 Å². The molecule has 28 heavy (non-hydrogen) atoms. The summed E-state index contributed by atoms with van der Waals surface area (Å²) in [5, 5.41) is 4.49. The number of methoxy groups -OCH3 is 2. The molecule has 0 fully saturated rings. The maximum atomic E-state index is 13.4. The van der Waals surface area contributed by atoms with Gasteiger partial charge >= 0.3 is 0 Å². The number of fused-ring (bicyclic) bond motifs is 1. The van der Waals surface area contributed by atoms with E-state index < -0.39 is 0 Å². The molecule has 0 saturated heterocycles. The zero-order valence-electron chi connectivity index (χ0n) is 16.3. The lowest BCUT2D eigenvalue weighted by Gasteiger charge is -2.32. The van der Waals surface area contributed by atoms with E-state index in [0.29, 0.717) is 23.7 Å². The number of anilines is 1. The van der Waals surface area contributed by atoms with E-state index in [1.54, 1.807) is 31.5 Å². The summed E-state index contributed by atoms with van der Waals surface area (Å²) in [5.41, 5.74) is 3.99. The van der Waals surface area contributed by atoms with Gasteiger partial charge in [-0.2, -0.15) is 5.10 Å². The van der Waals surface area contributed by atoms with Crippen LogP contribution in [-0.4, -0.2) is 41.4 Å². The van der Waals surface area contributed by atoms with Crippen molar-refractivity contribution >= 4 is 11.6 Å². The molecule has 1 aliphatic rings. The summed E-state index contributed by atoms with van der Waals surface area (Å²) < 4.78 is 12.5. The van der Waals surface area contributed by atoms with E-state index in [-0.39, 0.29) is 11.9 Å². The molecule has 0 bridgehead atoms. The summed E-state index contributed by atoms with van der Waals surface area (Å²) in [6, 6.07) is 9.41. The van der Waals surface area contributed by atoms with Crippen LogP contribution in [0, 0.1) is 6.92 Å². The van der Waals surface area contributed by atoms with Gasteiger partial charge in [-0.25, -0.2) is 0 Å². The predicted octanol–water partition coefficient (Wildman–Crippen LogP) is 3.49. The minimum atomic E-state index is -0.0905. The summed E-state index contributed by atoms with van der Waals surface area (Å²) in [7, 11) is 3.18. The topological polar surface area (TPSA) is 69.5 Å². The number of hydrogen-bond acceptors (Lipinski definition) is 5. The van der Waals surface area contributed by atoms with Crippen LogP contribution in [0.25, 0.3) is 11.1 Å². The number of aromatic nitrogens is 3. The smallest absolute Gasteiger partial charge is 0.277 e. The van der Waals surface area contributed by atoms with E-state index in [2.05, 4.69) is 17.0 Å². The van der Waals surface area contributed by atoms with Crippen molar-refractivity contribution in [1.82, 2.24) is 14.8 Å². The highest BCUT2D eigenvalue weighted by atomic mass is 16.5. The molecule has 7 nitrogen and oxygen atoms in total. The van der Waals surface area contributed by atoms with Gasteiger partial charge < -0.3 is 14.4 Å². The largest absolute Gasteiger partial charge is 0.493 e. The van der Waals surface area contributed by atoms with E-state index in [9.17, 15) is 4.79 Å². The fourth-order valence-corrected chi connectivity index (χ4v) is 3.60. The van der Waals surface area contributed by atoms with Gasteiger partial charge in [0, 0.05) is 35.8 Å². The Morgan fingerprint density at radius 1 is 1.11 bits per heavy atom. The Morgan fingerprint density at radius 3 is 2.61 bits per heavy atom. The van der Waals surface area contributed by atoms with Crippen molar-refractivity contribution in [2.75, 3.05) is 25.7 Å². The van der Waals surface area contributed by atoms with E-state index in [4.69, 9.17) is 9.47 Å². The molecular formula is C21H22N4O3. The average molecular weight is 378 g/mol. The molecular weight excluding hydrogens is 356 g/mol. The standard InChI is InChI=1S/C21H22N4O3/c1-13-9-15(7-8-22-13)17-11-23-25-14(2)12-24(21(26)20(17)25)16-5-6-18(27-3)19(10-16)28-4/h5-11,14H,12H2,1-4H3. The Morgan fingerprint density at radius 2 is 1.89 bits per heavy atom. The van der Waals surface area contributed by atoms with Crippen molar-refractivity contribution < 1.29 is 14.3 Å². The number of rotatable bonds is 4. The predicted molar refractivity (Wildman–Crippen MR) is 106 cm³/mol. The zero-order chi connectivity index (χ0) is 19.8. The first-order valence-electron chi connectivity index (χ1n) is 9.08. The number of carbonyl (C=O) groups is 1. The molecule has 4 rings (SSSR count). The fourth-order valence-electron chi connectivity index (χ4n) is 3.60. The van der Waals surface area contributed by atoms with Gasteiger partial charge in [0.1, 0.15) is 5.69 Å². The van der Waals surface area contributed by atoms with E-state index in [0.717, 1.165) is 22.5 Å². The summed E-state index contributed by atoms with van der Waals surface area (Å²) in [5.74, 6) is 1.12. The van der Waals surface area contributed by atoms with E-state index >= 15 is 0 Å². The molecule has 0 aliphatic carbocycles. The average Bonchev–Trinajstić information content (AvgIpc) is 3.16. The number of pyridine rings is 1. The highest BCUT2D eigenvalue weighted by Gasteiger charge is 2.34. The SMILES string of the molecule is COc1ccc(N2CC(C)n3ncc(-c4ccnc(C)c4)c3C2=O)cc1OC. The number of amides is 1. The monoisotopic (exact) mass is 378 g/mol.